The monoisotopic (exact) mass is 498 g/mol. The van der Waals surface area contributed by atoms with Gasteiger partial charge in [-0.3, -0.25) is 9.78 Å². The summed E-state index contributed by atoms with van der Waals surface area (Å²) >= 11 is 16.1. The Morgan fingerprint density at radius 3 is 2.14 bits per heavy atom. The number of halogens is 4. The normalized spacial score (nSPS) is 11.2. The van der Waals surface area contributed by atoms with Crippen LogP contribution in [0.3, 0.4) is 0 Å². The van der Waals surface area contributed by atoms with Crippen LogP contribution in [0.5, 0.6) is 0 Å². The summed E-state index contributed by atoms with van der Waals surface area (Å²) in [5, 5.41) is 0.0839. The van der Waals surface area contributed by atoms with Crippen molar-refractivity contribution in [1.82, 2.24) is 9.55 Å². The third-order valence-corrected chi connectivity index (χ3v) is 4.84. The maximum atomic E-state index is 12.6. The van der Waals surface area contributed by atoms with Gasteiger partial charge in [0.25, 0.3) is 5.56 Å². The van der Waals surface area contributed by atoms with Crippen molar-refractivity contribution in [2.24, 2.45) is 0 Å². The molecule has 0 spiro atoms. The Labute approximate surface area is 150 Å². The Morgan fingerprint density at radius 2 is 1.67 bits per heavy atom. The SMILES string of the molecule is CC(C)c1c(Cl)[nH]c(=O)n(-c2c(Br)cc(Br)cc2Br)c1=O. The van der Waals surface area contributed by atoms with Gasteiger partial charge >= 0.3 is 5.69 Å². The van der Waals surface area contributed by atoms with Gasteiger partial charge in [-0.05, 0) is 49.9 Å². The maximum Gasteiger partial charge on any atom is 0.334 e. The highest BCUT2D eigenvalue weighted by Crippen LogP contribution is 2.32. The van der Waals surface area contributed by atoms with Crippen molar-refractivity contribution in [3.63, 3.8) is 0 Å². The van der Waals surface area contributed by atoms with Crippen LogP contribution in [0.25, 0.3) is 5.69 Å². The second-order valence-electron chi connectivity index (χ2n) is 4.67. The zero-order valence-corrected chi connectivity index (χ0v) is 16.5. The number of hydrogen-bond acceptors (Lipinski definition) is 2. The van der Waals surface area contributed by atoms with E-state index in [1.807, 2.05) is 13.8 Å². The number of nitrogens with one attached hydrogen (secondary N) is 1. The molecular weight excluding hydrogens is 491 g/mol. The fraction of sp³-hybridized carbons (Fsp3) is 0.231. The number of hydrogen-bond donors (Lipinski definition) is 1. The summed E-state index contributed by atoms with van der Waals surface area (Å²) in [5.74, 6) is -0.110. The Balaban J connectivity index is 2.93. The van der Waals surface area contributed by atoms with Crippen molar-refractivity contribution in [3.05, 3.63) is 57.1 Å². The van der Waals surface area contributed by atoms with Gasteiger partial charge < -0.3 is 0 Å². The summed E-state index contributed by atoms with van der Waals surface area (Å²) < 4.78 is 3.09. The third kappa shape index (κ3) is 3.21. The molecule has 0 saturated carbocycles. The van der Waals surface area contributed by atoms with Crippen molar-refractivity contribution < 1.29 is 0 Å². The molecule has 0 saturated heterocycles. The first-order valence-electron chi connectivity index (χ1n) is 5.93. The minimum Gasteiger partial charge on any atom is -0.297 e. The van der Waals surface area contributed by atoms with Crippen LogP contribution >= 0.6 is 59.4 Å². The molecule has 0 bridgehead atoms. The summed E-state index contributed by atoms with van der Waals surface area (Å²) in [6, 6.07) is 3.52. The van der Waals surface area contributed by atoms with Gasteiger partial charge in [0.2, 0.25) is 0 Å². The molecule has 2 rings (SSSR count). The number of rotatable bonds is 2. The molecule has 1 heterocycles. The lowest BCUT2D eigenvalue weighted by atomic mass is 10.1. The van der Waals surface area contributed by atoms with Gasteiger partial charge in [-0.15, -0.1) is 0 Å². The van der Waals surface area contributed by atoms with E-state index in [4.69, 9.17) is 11.6 Å². The molecule has 1 aromatic carbocycles. The lowest BCUT2D eigenvalue weighted by Gasteiger charge is -2.14. The summed E-state index contributed by atoms with van der Waals surface area (Å²) in [5.41, 5.74) is -0.207. The van der Waals surface area contributed by atoms with Gasteiger partial charge in [0.1, 0.15) is 5.15 Å². The standard InChI is InChI=1S/C13H10Br3ClN2O2/c1-5(2)9-11(17)18-13(21)19(12(9)20)10-7(15)3-6(14)4-8(10)16/h3-5H,1-2H3,(H,18,21). The summed E-state index contributed by atoms with van der Waals surface area (Å²) in [6.45, 7) is 3.69. The highest BCUT2D eigenvalue weighted by molar-refractivity contribution is 9.11. The molecular formula is C13H10Br3ClN2O2. The second kappa shape index (κ2) is 6.40. The topological polar surface area (TPSA) is 54.9 Å². The minimum atomic E-state index is -0.585. The van der Waals surface area contributed by atoms with E-state index in [9.17, 15) is 9.59 Å². The molecule has 0 fully saturated rings. The predicted molar refractivity (Wildman–Crippen MR) is 94.9 cm³/mol. The van der Waals surface area contributed by atoms with E-state index in [0.29, 0.717) is 20.2 Å². The molecule has 0 atom stereocenters. The molecule has 0 unspecified atom stereocenters. The van der Waals surface area contributed by atoms with Gasteiger partial charge in [0.15, 0.2) is 0 Å². The lowest BCUT2D eigenvalue weighted by molar-refractivity contribution is 0.774. The molecule has 0 aliphatic rings. The number of aromatic amines is 1. The predicted octanol–water partition coefficient (Wildman–Crippen LogP) is 4.59. The third-order valence-electron chi connectivity index (χ3n) is 2.87. The quantitative estimate of drug-likeness (QED) is 0.613. The van der Waals surface area contributed by atoms with Gasteiger partial charge in [-0.25, -0.2) is 9.36 Å². The van der Waals surface area contributed by atoms with Gasteiger partial charge in [-0.2, -0.15) is 0 Å². The average molecular weight is 501 g/mol. The van der Waals surface area contributed by atoms with Crippen LogP contribution in [-0.2, 0) is 0 Å². The van der Waals surface area contributed by atoms with E-state index < -0.39 is 11.2 Å². The van der Waals surface area contributed by atoms with Gasteiger partial charge in [0.05, 0.1) is 11.3 Å². The van der Waals surface area contributed by atoms with E-state index in [1.54, 1.807) is 12.1 Å². The van der Waals surface area contributed by atoms with Crippen molar-refractivity contribution in [1.29, 1.82) is 0 Å². The van der Waals surface area contributed by atoms with Crippen molar-refractivity contribution in [2.75, 3.05) is 0 Å². The zero-order chi connectivity index (χ0) is 15.9. The molecule has 1 N–H and O–H groups in total. The average Bonchev–Trinajstić information content (AvgIpc) is 2.30. The number of aromatic nitrogens is 2. The highest BCUT2D eigenvalue weighted by atomic mass is 79.9. The molecule has 0 radical (unpaired) electrons. The minimum absolute atomic E-state index is 0.0839. The molecule has 112 valence electrons. The highest BCUT2D eigenvalue weighted by Gasteiger charge is 2.20. The fourth-order valence-electron chi connectivity index (χ4n) is 1.98. The van der Waals surface area contributed by atoms with E-state index in [-0.39, 0.29) is 11.1 Å². The van der Waals surface area contributed by atoms with E-state index in [1.165, 1.54) is 0 Å². The molecule has 0 aliphatic heterocycles. The first-order chi connectivity index (χ1) is 9.73. The Morgan fingerprint density at radius 1 is 1.14 bits per heavy atom. The number of H-pyrrole nitrogens is 1. The molecule has 0 aliphatic carbocycles. The van der Waals surface area contributed by atoms with Crippen LogP contribution in [0, 0.1) is 0 Å². The molecule has 0 amide bonds. The molecule has 1 aromatic heterocycles. The Bertz CT molecular complexity index is 804. The van der Waals surface area contributed by atoms with Crippen LogP contribution in [0.2, 0.25) is 5.15 Å². The Kier molecular flexibility index (Phi) is 5.18. The van der Waals surface area contributed by atoms with Gasteiger partial charge in [-0.1, -0.05) is 41.4 Å². The van der Waals surface area contributed by atoms with Crippen LogP contribution in [0.1, 0.15) is 25.3 Å². The fourth-order valence-corrected chi connectivity index (χ4v) is 4.97. The number of nitrogens with zero attached hydrogens (tertiary/aromatic N) is 1. The van der Waals surface area contributed by atoms with Crippen molar-refractivity contribution in [3.8, 4) is 5.69 Å². The summed E-state index contributed by atoms with van der Waals surface area (Å²) in [6.07, 6.45) is 0. The van der Waals surface area contributed by atoms with E-state index >= 15 is 0 Å². The summed E-state index contributed by atoms with van der Waals surface area (Å²) in [7, 11) is 0. The smallest absolute Gasteiger partial charge is 0.297 e. The Hall–Kier alpha value is -0.370. The number of benzene rings is 1. The largest absolute Gasteiger partial charge is 0.334 e. The zero-order valence-electron chi connectivity index (χ0n) is 11.0. The van der Waals surface area contributed by atoms with Gasteiger partial charge in [0, 0.05) is 13.4 Å². The van der Waals surface area contributed by atoms with Crippen LogP contribution in [0.15, 0.2) is 35.1 Å². The first kappa shape index (κ1) is 17.0. The maximum absolute atomic E-state index is 12.6. The molecule has 8 heteroatoms. The van der Waals surface area contributed by atoms with Crippen LogP contribution in [0.4, 0.5) is 0 Å². The van der Waals surface area contributed by atoms with Crippen molar-refractivity contribution in [2.45, 2.75) is 19.8 Å². The van der Waals surface area contributed by atoms with Crippen molar-refractivity contribution >= 4 is 59.4 Å². The van der Waals surface area contributed by atoms with E-state index in [0.717, 1.165) is 9.04 Å². The van der Waals surface area contributed by atoms with Crippen LogP contribution in [-0.4, -0.2) is 9.55 Å². The van der Waals surface area contributed by atoms with E-state index in [2.05, 4.69) is 52.8 Å². The molecule has 2 aromatic rings. The second-order valence-corrected chi connectivity index (χ2v) is 7.67. The first-order valence-corrected chi connectivity index (χ1v) is 8.69. The molecule has 21 heavy (non-hydrogen) atoms. The molecule has 4 nitrogen and oxygen atoms in total. The van der Waals surface area contributed by atoms with Crippen LogP contribution < -0.4 is 11.2 Å². The lowest BCUT2D eigenvalue weighted by Crippen LogP contribution is -2.37. The summed E-state index contributed by atoms with van der Waals surface area (Å²) in [4.78, 5) is 27.4.